The Morgan fingerprint density at radius 2 is 1.73 bits per heavy atom. The molecule has 0 saturated heterocycles. The summed E-state index contributed by atoms with van der Waals surface area (Å²) in [5, 5.41) is 29.8. The second-order valence-corrected chi connectivity index (χ2v) is 11.0. The Morgan fingerprint density at radius 1 is 1.02 bits per heavy atom. The number of phenolic OH excluding ortho intramolecular Hbond substituents is 1. The van der Waals surface area contributed by atoms with E-state index in [9.17, 15) is 29.0 Å². The van der Waals surface area contributed by atoms with Gasteiger partial charge in [-0.1, -0.05) is 12.1 Å². The highest BCUT2D eigenvalue weighted by molar-refractivity contribution is 5.93. The van der Waals surface area contributed by atoms with E-state index in [0.29, 0.717) is 23.4 Å². The summed E-state index contributed by atoms with van der Waals surface area (Å²) in [4.78, 5) is 41.4. The molecule has 1 aliphatic carbocycles. The molecule has 0 aromatic heterocycles. The van der Waals surface area contributed by atoms with E-state index in [2.05, 4.69) is 16.0 Å². The first-order valence-corrected chi connectivity index (χ1v) is 14.0. The SMILES string of the molecule is C[C@@H]1CN[C@@H](C2CC2)C(=O)N(C)[C@H](C)C(=O)N[C@H](Cc2ccc(F)cc2)C(=O)NCCC(O)c2ccc(O)cc2O1. The maximum atomic E-state index is 13.5. The van der Waals surface area contributed by atoms with Gasteiger partial charge in [0.25, 0.3) is 0 Å². The molecule has 5 atom stereocenters. The number of hydrogen-bond acceptors (Lipinski definition) is 7. The minimum atomic E-state index is -1.01. The average Bonchev–Trinajstić information content (AvgIpc) is 3.77. The Hall–Kier alpha value is -3.70. The number of hydrogen-bond donors (Lipinski definition) is 5. The summed E-state index contributed by atoms with van der Waals surface area (Å²) in [6, 6.07) is 7.72. The third-order valence-corrected chi connectivity index (χ3v) is 7.68. The molecular weight excluding hydrogens is 531 g/mol. The Balaban J connectivity index is 1.61. The standard InChI is InChI=1S/C30H39FN4O6/c1-17-16-33-27(20-6-7-20)30(40)35(3)18(2)28(38)34-24(14-19-4-8-21(31)9-5-19)29(39)32-13-12-25(37)23-11-10-22(36)15-26(23)41-17/h4-5,8-11,15,17-18,20,24-25,27,33,36-37H,6-7,12-14,16H2,1-3H3,(H,32,39)(H,34,38)/t17-,18-,24-,25?,27+/m1/s1. The van der Waals surface area contributed by atoms with Crippen LogP contribution >= 0.6 is 0 Å². The monoisotopic (exact) mass is 570 g/mol. The van der Waals surface area contributed by atoms with Gasteiger partial charge in [-0.2, -0.15) is 0 Å². The Morgan fingerprint density at radius 3 is 2.41 bits per heavy atom. The third kappa shape index (κ3) is 7.95. The van der Waals surface area contributed by atoms with Crippen molar-refractivity contribution in [1.29, 1.82) is 0 Å². The highest BCUT2D eigenvalue weighted by atomic mass is 19.1. The zero-order valence-electron chi connectivity index (χ0n) is 23.6. The number of amides is 3. The number of nitrogens with one attached hydrogen (secondary N) is 3. The first-order valence-electron chi connectivity index (χ1n) is 14.0. The molecule has 10 nitrogen and oxygen atoms in total. The molecular formula is C30H39FN4O6. The zero-order valence-corrected chi connectivity index (χ0v) is 23.6. The summed E-state index contributed by atoms with van der Waals surface area (Å²) < 4.78 is 19.5. The molecule has 5 N–H and O–H groups in total. The van der Waals surface area contributed by atoms with Crippen LogP contribution in [0, 0.1) is 11.7 Å². The number of benzene rings is 2. The number of aliphatic hydroxyl groups is 1. The van der Waals surface area contributed by atoms with E-state index in [0.717, 1.165) is 12.8 Å². The molecule has 222 valence electrons. The van der Waals surface area contributed by atoms with E-state index in [1.165, 1.54) is 29.2 Å². The second kappa shape index (κ2) is 13.3. The van der Waals surface area contributed by atoms with Crippen LogP contribution in [0.4, 0.5) is 4.39 Å². The van der Waals surface area contributed by atoms with Crippen LogP contribution in [0.1, 0.15) is 50.3 Å². The first kappa shape index (κ1) is 30.3. The van der Waals surface area contributed by atoms with Gasteiger partial charge >= 0.3 is 0 Å². The van der Waals surface area contributed by atoms with Crippen LogP contribution in [0.15, 0.2) is 42.5 Å². The van der Waals surface area contributed by atoms with Crippen molar-refractivity contribution in [3.8, 4) is 11.5 Å². The normalized spacial score (nSPS) is 27.1. The van der Waals surface area contributed by atoms with E-state index in [-0.39, 0.29) is 37.0 Å². The van der Waals surface area contributed by atoms with Crippen molar-refractivity contribution in [2.75, 3.05) is 20.1 Å². The van der Waals surface area contributed by atoms with Crippen molar-refractivity contribution in [3.63, 3.8) is 0 Å². The minimum absolute atomic E-state index is 0.0208. The largest absolute Gasteiger partial charge is 0.508 e. The van der Waals surface area contributed by atoms with Crippen LogP contribution in [0.5, 0.6) is 11.5 Å². The van der Waals surface area contributed by atoms with Gasteiger partial charge in [-0.15, -0.1) is 0 Å². The molecule has 1 saturated carbocycles. The van der Waals surface area contributed by atoms with E-state index >= 15 is 0 Å². The van der Waals surface area contributed by atoms with Gasteiger partial charge in [0.1, 0.15) is 35.5 Å². The molecule has 1 aliphatic heterocycles. The van der Waals surface area contributed by atoms with Crippen LogP contribution in [-0.4, -0.2) is 77.2 Å². The molecule has 0 bridgehead atoms. The highest BCUT2D eigenvalue weighted by Crippen LogP contribution is 2.34. The lowest BCUT2D eigenvalue weighted by Gasteiger charge is -2.31. The number of fused-ring (bicyclic) bond motifs is 1. The molecule has 1 unspecified atom stereocenters. The van der Waals surface area contributed by atoms with Gasteiger partial charge in [-0.25, -0.2) is 4.39 Å². The fourth-order valence-corrected chi connectivity index (χ4v) is 4.89. The molecule has 0 spiro atoms. The number of nitrogens with zero attached hydrogens (tertiary/aromatic N) is 1. The Kier molecular flexibility index (Phi) is 9.82. The smallest absolute Gasteiger partial charge is 0.243 e. The predicted molar refractivity (Wildman–Crippen MR) is 150 cm³/mol. The molecule has 2 aromatic carbocycles. The van der Waals surface area contributed by atoms with Gasteiger partial charge < -0.3 is 35.8 Å². The summed E-state index contributed by atoms with van der Waals surface area (Å²) in [6.45, 7) is 3.83. The molecule has 11 heteroatoms. The molecule has 2 aliphatic rings. The van der Waals surface area contributed by atoms with Crippen LogP contribution < -0.4 is 20.7 Å². The van der Waals surface area contributed by atoms with Crippen molar-refractivity contribution in [2.24, 2.45) is 5.92 Å². The number of carbonyl (C=O) groups is 3. The van der Waals surface area contributed by atoms with Gasteiger partial charge in [-0.3, -0.25) is 14.4 Å². The molecule has 1 fully saturated rings. The van der Waals surface area contributed by atoms with E-state index < -0.39 is 48.0 Å². The number of aliphatic hydroxyl groups excluding tert-OH is 1. The minimum Gasteiger partial charge on any atom is -0.508 e. The molecule has 4 rings (SSSR count). The van der Waals surface area contributed by atoms with Gasteiger partial charge in [-0.05, 0) is 68.9 Å². The molecule has 41 heavy (non-hydrogen) atoms. The molecule has 2 aromatic rings. The lowest BCUT2D eigenvalue weighted by Crippen LogP contribution is -2.57. The summed E-state index contributed by atoms with van der Waals surface area (Å²) in [6.07, 6.45) is 0.600. The van der Waals surface area contributed by atoms with Crippen LogP contribution in [0.3, 0.4) is 0 Å². The number of carbonyl (C=O) groups excluding carboxylic acids is 3. The maximum absolute atomic E-state index is 13.5. The number of rotatable bonds is 3. The van der Waals surface area contributed by atoms with Gasteiger partial charge in [0.15, 0.2) is 0 Å². The van der Waals surface area contributed by atoms with Gasteiger partial charge in [0.2, 0.25) is 17.7 Å². The van der Waals surface area contributed by atoms with Crippen molar-refractivity contribution >= 4 is 17.7 Å². The van der Waals surface area contributed by atoms with E-state index in [1.54, 1.807) is 32.2 Å². The lowest BCUT2D eigenvalue weighted by atomic mass is 10.0. The average molecular weight is 571 g/mol. The van der Waals surface area contributed by atoms with Crippen molar-refractivity contribution in [1.82, 2.24) is 20.9 Å². The van der Waals surface area contributed by atoms with E-state index in [1.807, 2.05) is 6.92 Å². The summed E-state index contributed by atoms with van der Waals surface area (Å²) in [5.74, 6) is -1.21. The number of phenols is 1. The fourth-order valence-electron chi connectivity index (χ4n) is 4.89. The number of likely N-dealkylation sites (N-methyl/N-ethyl adjacent to an activating group) is 1. The number of aromatic hydroxyl groups is 1. The Labute approximate surface area is 239 Å². The van der Waals surface area contributed by atoms with Crippen LogP contribution in [0.2, 0.25) is 0 Å². The predicted octanol–water partition coefficient (Wildman–Crippen LogP) is 1.79. The fraction of sp³-hybridized carbons (Fsp3) is 0.500. The topological polar surface area (TPSA) is 140 Å². The van der Waals surface area contributed by atoms with Gasteiger partial charge in [0, 0.05) is 38.2 Å². The molecule has 0 radical (unpaired) electrons. The van der Waals surface area contributed by atoms with Crippen molar-refractivity contribution < 1.29 is 33.7 Å². The Bertz CT molecular complexity index is 1240. The summed E-state index contributed by atoms with van der Waals surface area (Å²) >= 11 is 0. The van der Waals surface area contributed by atoms with Crippen LogP contribution in [0.25, 0.3) is 0 Å². The highest BCUT2D eigenvalue weighted by Gasteiger charge is 2.39. The van der Waals surface area contributed by atoms with E-state index in [4.69, 9.17) is 4.74 Å². The molecule has 3 amide bonds. The quantitative estimate of drug-likeness (QED) is 0.379. The lowest BCUT2D eigenvalue weighted by molar-refractivity contribution is -0.141. The maximum Gasteiger partial charge on any atom is 0.243 e. The summed E-state index contributed by atoms with van der Waals surface area (Å²) in [5.41, 5.74) is 1.09. The first-order chi connectivity index (χ1) is 19.5. The second-order valence-electron chi connectivity index (χ2n) is 11.0. The number of ether oxygens (including phenoxy) is 1. The molecule has 1 heterocycles. The van der Waals surface area contributed by atoms with Gasteiger partial charge in [0.05, 0.1) is 12.1 Å². The van der Waals surface area contributed by atoms with Crippen molar-refractivity contribution in [2.45, 2.75) is 69.9 Å². The van der Waals surface area contributed by atoms with Crippen LogP contribution in [-0.2, 0) is 20.8 Å². The van der Waals surface area contributed by atoms with Crippen molar-refractivity contribution in [3.05, 3.63) is 59.4 Å². The zero-order chi connectivity index (χ0) is 29.7. The third-order valence-electron chi connectivity index (χ3n) is 7.68. The number of halogens is 1. The summed E-state index contributed by atoms with van der Waals surface area (Å²) in [7, 11) is 1.57.